The minimum absolute atomic E-state index is 0.0389. The van der Waals surface area contributed by atoms with Gasteiger partial charge in [0.05, 0.1) is 22.0 Å². The first-order chi connectivity index (χ1) is 10.0. The fourth-order valence-corrected chi connectivity index (χ4v) is 2.00. The smallest absolute Gasteiger partial charge is 0.341 e. The van der Waals surface area contributed by atoms with Crippen LogP contribution in [0, 0.1) is 0 Å². The van der Waals surface area contributed by atoms with Crippen LogP contribution in [-0.2, 0) is 12.8 Å². The molecule has 0 amide bonds. The van der Waals surface area contributed by atoms with E-state index in [1.165, 1.54) is 12.1 Å². The van der Waals surface area contributed by atoms with Crippen molar-refractivity contribution >= 4 is 17.6 Å². The van der Waals surface area contributed by atoms with E-state index >= 15 is 0 Å². The van der Waals surface area contributed by atoms with Gasteiger partial charge in [0.25, 0.3) is 0 Å². The molecule has 0 saturated heterocycles. The van der Waals surface area contributed by atoms with Gasteiger partial charge in [-0.25, -0.2) is 4.79 Å². The summed E-state index contributed by atoms with van der Waals surface area (Å²) in [6, 6.07) is 4.42. The van der Waals surface area contributed by atoms with E-state index in [0.29, 0.717) is 5.75 Å². The lowest BCUT2D eigenvalue weighted by atomic mass is 10.2. The molecule has 0 saturated carbocycles. The molecule has 1 N–H and O–H groups in total. The van der Waals surface area contributed by atoms with E-state index in [2.05, 4.69) is 15.2 Å². The van der Waals surface area contributed by atoms with Gasteiger partial charge in [-0.05, 0) is 31.0 Å². The zero-order valence-corrected chi connectivity index (χ0v) is 12.4. The molecule has 0 atom stereocenters. The summed E-state index contributed by atoms with van der Waals surface area (Å²) >= 11 is 5.80. The van der Waals surface area contributed by atoms with E-state index in [4.69, 9.17) is 21.4 Å². The highest BCUT2D eigenvalue weighted by Crippen LogP contribution is 2.25. The number of hydrogen-bond donors (Lipinski definition) is 1. The highest BCUT2D eigenvalue weighted by atomic mass is 35.5. The molecule has 0 radical (unpaired) electrons. The first-order valence-electron chi connectivity index (χ1n) is 6.48. The molecule has 21 heavy (non-hydrogen) atoms. The van der Waals surface area contributed by atoms with Gasteiger partial charge in [0.1, 0.15) is 5.75 Å². The Balaban J connectivity index is 2.30. The van der Waals surface area contributed by atoms with Gasteiger partial charge in [0.15, 0.2) is 0 Å². The molecule has 0 aliphatic heterocycles. The number of hydrogen-bond acceptors (Lipinski definition) is 5. The quantitative estimate of drug-likeness (QED) is 0.913. The van der Waals surface area contributed by atoms with Crippen molar-refractivity contribution in [1.82, 2.24) is 15.2 Å². The van der Waals surface area contributed by atoms with Crippen molar-refractivity contribution in [2.45, 2.75) is 26.7 Å². The van der Waals surface area contributed by atoms with Gasteiger partial charge in [0, 0.05) is 0 Å². The number of aromatic carboxylic acids is 1. The molecule has 0 aliphatic carbocycles. The largest absolute Gasteiger partial charge is 0.478 e. The fourth-order valence-electron chi connectivity index (χ4n) is 1.80. The van der Waals surface area contributed by atoms with Crippen LogP contribution >= 0.6 is 11.6 Å². The first kappa shape index (κ1) is 15.2. The van der Waals surface area contributed by atoms with Crippen LogP contribution in [0.3, 0.4) is 0 Å². The SMILES string of the molecule is CCc1nnc(Oc2ccc(Cl)c(C(=O)O)c2)nc1CC. The predicted molar refractivity (Wildman–Crippen MR) is 77.1 cm³/mol. The second-order valence-electron chi connectivity index (χ2n) is 4.24. The lowest BCUT2D eigenvalue weighted by Crippen LogP contribution is -2.05. The van der Waals surface area contributed by atoms with Crippen molar-refractivity contribution in [2.24, 2.45) is 0 Å². The highest BCUT2D eigenvalue weighted by molar-refractivity contribution is 6.33. The third kappa shape index (κ3) is 3.46. The minimum atomic E-state index is -1.12. The number of aryl methyl sites for hydroxylation is 2. The van der Waals surface area contributed by atoms with E-state index in [-0.39, 0.29) is 16.6 Å². The van der Waals surface area contributed by atoms with Crippen LogP contribution in [0.4, 0.5) is 0 Å². The molecule has 1 aromatic carbocycles. The Morgan fingerprint density at radius 3 is 2.57 bits per heavy atom. The van der Waals surface area contributed by atoms with Crippen LogP contribution in [-0.4, -0.2) is 26.3 Å². The molecule has 6 nitrogen and oxygen atoms in total. The highest BCUT2D eigenvalue weighted by Gasteiger charge is 2.12. The third-order valence-corrected chi connectivity index (χ3v) is 3.20. The Kier molecular flexibility index (Phi) is 4.70. The molecule has 1 aromatic heterocycles. The number of aromatic nitrogens is 3. The maximum Gasteiger partial charge on any atom is 0.341 e. The van der Waals surface area contributed by atoms with Gasteiger partial charge in [0.2, 0.25) is 0 Å². The monoisotopic (exact) mass is 307 g/mol. The van der Waals surface area contributed by atoms with E-state index in [1.54, 1.807) is 6.07 Å². The van der Waals surface area contributed by atoms with Crippen LogP contribution in [0.5, 0.6) is 11.8 Å². The van der Waals surface area contributed by atoms with E-state index in [9.17, 15) is 4.79 Å². The Morgan fingerprint density at radius 2 is 1.95 bits per heavy atom. The number of ether oxygens (including phenoxy) is 1. The molecule has 1 heterocycles. The zero-order chi connectivity index (χ0) is 15.4. The summed E-state index contributed by atoms with van der Waals surface area (Å²) in [7, 11) is 0. The molecule has 110 valence electrons. The predicted octanol–water partition coefficient (Wildman–Crippen LogP) is 3.14. The average molecular weight is 308 g/mol. The number of halogens is 1. The molecule has 0 unspecified atom stereocenters. The zero-order valence-electron chi connectivity index (χ0n) is 11.6. The summed E-state index contributed by atoms with van der Waals surface area (Å²) < 4.78 is 5.46. The van der Waals surface area contributed by atoms with Gasteiger partial charge in [-0.3, -0.25) is 0 Å². The Bertz CT molecular complexity index is 677. The van der Waals surface area contributed by atoms with E-state index in [0.717, 1.165) is 24.2 Å². The van der Waals surface area contributed by atoms with Crippen LogP contribution in [0.25, 0.3) is 0 Å². The van der Waals surface area contributed by atoms with Crippen molar-refractivity contribution < 1.29 is 14.6 Å². The summed E-state index contributed by atoms with van der Waals surface area (Å²) in [5.41, 5.74) is 1.60. The lowest BCUT2D eigenvalue weighted by Gasteiger charge is -2.08. The maximum absolute atomic E-state index is 11.0. The number of carboxylic acids is 1. The third-order valence-electron chi connectivity index (χ3n) is 2.87. The minimum Gasteiger partial charge on any atom is -0.478 e. The first-order valence-corrected chi connectivity index (χ1v) is 6.86. The van der Waals surface area contributed by atoms with Gasteiger partial charge < -0.3 is 9.84 Å². The van der Waals surface area contributed by atoms with Crippen LogP contribution in [0.2, 0.25) is 5.02 Å². The normalized spacial score (nSPS) is 10.4. The summed E-state index contributed by atoms with van der Waals surface area (Å²) in [6.45, 7) is 3.95. The molecular formula is C14H14ClN3O3. The van der Waals surface area contributed by atoms with E-state index in [1.807, 2.05) is 13.8 Å². The average Bonchev–Trinajstić information content (AvgIpc) is 2.48. The number of carboxylic acid groups (broad SMARTS) is 1. The molecule has 0 bridgehead atoms. The molecule has 0 aliphatic rings. The van der Waals surface area contributed by atoms with Crippen molar-refractivity contribution in [3.8, 4) is 11.8 Å². The van der Waals surface area contributed by atoms with Gasteiger partial charge >= 0.3 is 12.0 Å². The summed E-state index contributed by atoms with van der Waals surface area (Å²) in [5, 5.41) is 17.1. The van der Waals surface area contributed by atoms with Crippen molar-refractivity contribution in [1.29, 1.82) is 0 Å². The number of rotatable bonds is 5. The topological polar surface area (TPSA) is 85.2 Å². The van der Waals surface area contributed by atoms with Gasteiger partial charge in [-0.1, -0.05) is 30.5 Å². The summed E-state index contributed by atoms with van der Waals surface area (Å²) in [4.78, 5) is 15.3. The number of benzene rings is 1. The van der Waals surface area contributed by atoms with Crippen molar-refractivity contribution in [3.63, 3.8) is 0 Å². The Hall–Kier alpha value is -2.21. The molecule has 7 heteroatoms. The Morgan fingerprint density at radius 1 is 1.24 bits per heavy atom. The standard InChI is InChI=1S/C14H14ClN3O3/c1-3-11-12(4-2)17-18-14(16-11)21-8-5-6-10(15)9(7-8)13(19)20/h5-7H,3-4H2,1-2H3,(H,19,20). The second-order valence-corrected chi connectivity index (χ2v) is 4.65. The van der Waals surface area contributed by atoms with Gasteiger partial charge in [-0.2, -0.15) is 4.98 Å². The molecular weight excluding hydrogens is 294 g/mol. The summed E-state index contributed by atoms with van der Waals surface area (Å²) in [6.07, 6.45) is 1.46. The molecule has 0 fully saturated rings. The van der Waals surface area contributed by atoms with Gasteiger partial charge in [-0.15, -0.1) is 5.10 Å². The van der Waals surface area contributed by atoms with Crippen LogP contribution in [0.15, 0.2) is 18.2 Å². The molecule has 0 spiro atoms. The molecule has 2 aromatic rings. The van der Waals surface area contributed by atoms with Crippen LogP contribution < -0.4 is 4.74 Å². The molecule has 2 rings (SSSR count). The van der Waals surface area contributed by atoms with Crippen LogP contribution in [0.1, 0.15) is 35.6 Å². The van der Waals surface area contributed by atoms with Crippen molar-refractivity contribution in [2.75, 3.05) is 0 Å². The second kappa shape index (κ2) is 6.49. The summed E-state index contributed by atoms with van der Waals surface area (Å²) in [5.74, 6) is -0.829. The van der Waals surface area contributed by atoms with E-state index < -0.39 is 5.97 Å². The fraction of sp³-hybridized carbons (Fsp3) is 0.286. The number of nitrogens with zero attached hydrogens (tertiary/aromatic N) is 3. The Labute approximate surface area is 126 Å². The lowest BCUT2D eigenvalue weighted by molar-refractivity contribution is 0.0696. The number of carbonyl (C=O) groups is 1. The van der Waals surface area contributed by atoms with Crippen molar-refractivity contribution in [3.05, 3.63) is 40.2 Å². The maximum atomic E-state index is 11.0.